The number of nitrogens with zero attached hydrogens (tertiary/aromatic N) is 1. The third kappa shape index (κ3) is 3.98. The molecule has 1 heterocycles. The molecule has 0 aliphatic heterocycles. The minimum absolute atomic E-state index is 0.136. The van der Waals surface area contributed by atoms with Crippen LogP contribution >= 0.6 is 0 Å². The third-order valence-corrected chi connectivity index (χ3v) is 2.07. The van der Waals surface area contributed by atoms with Crippen LogP contribution in [0.3, 0.4) is 0 Å². The number of nitrogens with one attached hydrogen (secondary N) is 1. The molecule has 0 aliphatic carbocycles. The summed E-state index contributed by atoms with van der Waals surface area (Å²) in [5, 5.41) is 2.91. The van der Waals surface area contributed by atoms with E-state index in [0.717, 1.165) is 0 Å². The zero-order valence-corrected chi connectivity index (χ0v) is 9.27. The number of hydrogen-bond acceptors (Lipinski definition) is 5. The smallest absolute Gasteiger partial charge is 0.267 e. The van der Waals surface area contributed by atoms with Crippen LogP contribution in [0.25, 0.3) is 0 Å². The van der Waals surface area contributed by atoms with Gasteiger partial charge in [0.25, 0.3) is 5.91 Å². The van der Waals surface area contributed by atoms with Gasteiger partial charge in [0.2, 0.25) is 5.91 Å². The summed E-state index contributed by atoms with van der Waals surface area (Å²) >= 11 is 0. The molecule has 0 atom stereocenters. The topological polar surface area (TPSA) is 137 Å². The van der Waals surface area contributed by atoms with E-state index < -0.39 is 5.91 Å². The van der Waals surface area contributed by atoms with Crippen molar-refractivity contribution in [3.63, 3.8) is 0 Å². The Morgan fingerprint density at radius 3 is 2.59 bits per heavy atom. The highest BCUT2D eigenvalue weighted by Gasteiger charge is 2.06. The number of aromatic nitrogens is 1. The molecule has 1 aromatic heterocycles. The number of nitrogens with two attached hydrogens (primary N) is 3. The molecule has 7 N–H and O–H groups in total. The second kappa shape index (κ2) is 5.69. The van der Waals surface area contributed by atoms with Crippen molar-refractivity contribution >= 4 is 23.3 Å². The molecular weight excluding hydrogens is 222 g/mol. The SMILES string of the molecule is NC(=O)CCCNc1nc(C(N)=O)ccc1N. The molecule has 0 fully saturated rings. The van der Waals surface area contributed by atoms with E-state index in [9.17, 15) is 9.59 Å². The number of rotatable bonds is 6. The number of nitrogen functional groups attached to an aromatic ring is 1. The first-order valence-corrected chi connectivity index (χ1v) is 5.09. The van der Waals surface area contributed by atoms with E-state index in [1.54, 1.807) is 6.07 Å². The lowest BCUT2D eigenvalue weighted by Gasteiger charge is -2.08. The van der Waals surface area contributed by atoms with E-state index >= 15 is 0 Å². The Bertz CT molecular complexity index is 433. The number of hydrogen-bond donors (Lipinski definition) is 4. The summed E-state index contributed by atoms with van der Waals surface area (Å²) in [4.78, 5) is 25.4. The van der Waals surface area contributed by atoms with E-state index in [1.807, 2.05) is 0 Å². The molecule has 7 heteroatoms. The highest BCUT2D eigenvalue weighted by atomic mass is 16.1. The third-order valence-electron chi connectivity index (χ3n) is 2.07. The molecule has 7 nitrogen and oxygen atoms in total. The molecule has 17 heavy (non-hydrogen) atoms. The fourth-order valence-electron chi connectivity index (χ4n) is 1.22. The van der Waals surface area contributed by atoms with Crippen LogP contribution in [0.2, 0.25) is 0 Å². The molecular formula is C10H15N5O2. The maximum absolute atomic E-state index is 10.9. The van der Waals surface area contributed by atoms with Gasteiger partial charge in [-0.15, -0.1) is 0 Å². The molecule has 0 saturated heterocycles. The average Bonchev–Trinajstić information content (AvgIpc) is 2.25. The lowest BCUT2D eigenvalue weighted by molar-refractivity contribution is -0.118. The highest BCUT2D eigenvalue weighted by Crippen LogP contribution is 2.15. The minimum Gasteiger partial charge on any atom is -0.396 e. The Labute approximate surface area is 98.4 Å². The van der Waals surface area contributed by atoms with Gasteiger partial charge in [0.15, 0.2) is 0 Å². The van der Waals surface area contributed by atoms with Crippen molar-refractivity contribution < 1.29 is 9.59 Å². The molecule has 1 rings (SSSR count). The molecule has 0 aromatic carbocycles. The number of anilines is 2. The van der Waals surface area contributed by atoms with Gasteiger partial charge in [0.1, 0.15) is 11.5 Å². The zero-order valence-electron chi connectivity index (χ0n) is 9.27. The summed E-state index contributed by atoms with van der Waals surface area (Å²) in [7, 11) is 0. The molecule has 0 bridgehead atoms. The van der Waals surface area contributed by atoms with E-state index in [4.69, 9.17) is 17.2 Å². The van der Waals surface area contributed by atoms with Gasteiger partial charge in [0, 0.05) is 13.0 Å². The number of pyridine rings is 1. The quantitative estimate of drug-likeness (QED) is 0.491. The first kappa shape index (κ1) is 12.8. The largest absolute Gasteiger partial charge is 0.396 e. The van der Waals surface area contributed by atoms with Crippen molar-refractivity contribution in [1.29, 1.82) is 0 Å². The molecule has 92 valence electrons. The summed E-state index contributed by atoms with van der Waals surface area (Å²) in [6, 6.07) is 3.00. The Kier molecular flexibility index (Phi) is 4.27. The van der Waals surface area contributed by atoms with Gasteiger partial charge in [-0.1, -0.05) is 0 Å². The first-order chi connectivity index (χ1) is 8.00. The Hall–Kier alpha value is -2.31. The summed E-state index contributed by atoms with van der Waals surface area (Å²) in [6.07, 6.45) is 0.847. The second-order valence-electron chi connectivity index (χ2n) is 3.50. The van der Waals surface area contributed by atoms with Crippen LogP contribution < -0.4 is 22.5 Å². The van der Waals surface area contributed by atoms with Crippen LogP contribution in [0, 0.1) is 0 Å². The van der Waals surface area contributed by atoms with Gasteiger partial charge in [-0.3, -0.25) is 9.59 Å². The Balaban J connectivity index is 2.60. The molecule has 0 saturated carbocycles. The van der Waals surface area contributed by atoms with E-state index in [-0.39, 0.29) is 18.0 Å². The van der Waals surface area contributed by atoms with Crippen LogP contribution in [0.5, 0.6) is 0 Å². The monoisotopic (exact) mass is 237 g/mol. The van der Waals surface area contributed by atoms with Crippen molar-refractivity contribution in [3.8, 4) is 0 Å². The predicted octanol–water partition coefficient (Wildman–Crippen LogP) is -0.560. The maximum Gasteiger partial charge on any atom is 0.267 e. The van der Waals surface area contributed by atoms with Crippen LogP contribution in [0.4, 0.5) is 11.5 Å². The zero-order chi connectivity index (χ0) is 12.8. The summed E-state index contributed by atoms with van der Waals surface area (Å²) < 4.78 is 0. The van der Waals surface area contributed by atoms with Gasteiger partial charge >= 0.3 is 0 Å². The van der Waals surface area contributed by atoms with Gasteiger partial charge in [-0.05, 0) is 18.6 Å². The highest BCUT2D eigenvalue weighted by molar-refractivity contribution is 5.91. The molecule has 2 amide bonds. The predicted molar refractivity (Wildman–Crippen MR) is 64.1 cm³/mol. The number of carbonyl (C=O) groups is 2. The fraction of sp³-hybridized carbons (Fsp3) is 0.300. The van der Waals surface area contributed by atoms with Crippen molar-refractivity contribution in [3.05, 3.63) is 17.8 Å². The standard InChI is InChI=1S/C10H15N5O2/c11-6-3-4-7(9(13)17)15-10(6)14-5-1-2-8(12)16/h3-4H,1-2,5,11H2,(H2,12,16)(H2,13,17)(H,14,15). The van der Waals surface area contributed by atoms with Crippen molar-refractivity contribution in [2.45, 2.75) is 12.8 Å². The lowest BCUT2D eigenvalue weighted by Crippen LogP contribution is -2.16. The maximum atomic E-state index is 10.9. The molecule has 1 aromatic rings. The van der Waals surface area contributed by atoms with Gasteiger partial charge in [-0.25, -0.2) is 4.98 Å². The lowest BCUT2D eigenvalue weighted by atomic mass is 10.3. The van der Waals surface area contributed by atoms with Crippen molar-refractivity contribution in [2.75, 3.05) is 17.6 Å². The van der Waals surface area contributed by atoms with Gasteiger partial charge in [-0.2, -0.15) is 0 Å². The van der Waals surface area contributed by atoms with Crippen LogP contribution in [-0.4, -0.2) is 23.3 Å². The van der Waals surface area contributed by atoms with Gasteiger partial charge in [0.05, 0.1) is 5.69 Å². The fourth-order valence-corrected chi connectivity index (χ4v) is 1.22. The second-order valence-corrected chi connectivity index (χ2v) is 3.50. The molecule has 0 spiro atoms. The number of primary amides is 2. The molecule has 0 radical (unpaired) electrons. The average molecular weight is 237 g/mol. The van der Waals surface area contributed by atoms with Crippen molar-refractivity contribution in [2.24, 2.45) is 11.5 Å². The van der Waals surface area contributed by atoms with E-state index in [0.29, 0.717) is 24.5 Å². The first-order valence-electron chi connectivity index (χ1n) is 5.09. The normalized spacial score (nSPS) is 9.88. The Morgan fingerprint density at radius 1 is 1.29 bits per heavy atom. The summed E-state index contributed by atoms with van der Waals surface area (Å²) in [5.41, 5.74) is 16.3. The molecule has 0 aliphatic rings. The number of carbonyl (C=O) groups excluding carboxylic acids is 2. The van der Waals surface area contributed by atoms with Crippen LogP contribution in [-0.2, 0) is 4.79 Å². The van der Waals surface area contributed by atoms with Crippen LogP contribution in [0.1, 0.15) is 23.3 Å². The summed E-state index contributed by atoms with van der Waals surface area (Å²) in [6.45, 7) is 0.488. The minimum atomic E-state index is -0.620. The van der Waals surface area contributed by atoms with Crippen molar-refractivity contribution in [1.82, 2.24) is 4.98 Å². The Morgan fingerprint density at radius 2 is 2.00 bits per heavy atom. The number of amides is 2. The van der Waals surface area contributed by atoms with Gasteiger partial charge < -0.3 is 22.5 Å². The van der Waals surface area contributed by atoms with E-state index in [1.165, 1.54) is 6.07 Å². The van der Waals surface area contributed by atoms with E-state index in [2.05, 4.69) is 10.3 Å². The summed E-state index contributed by atoms with van der Waals surface area (Å²) in [5.74, 6) is -0.602. The van der Waals surface area contributed by atoms with Crippen LogP contribution in [0.15, 0.2) is 12.1 Å². The molecule has 0 unspecified atom stereocenters.